The molecule has 3 N–H and O–H groups in total. The van der Waals surface area contributed by atoms with Gasteiger partial charge in [-0.25, -0.2) is 4.39 Å². The molecule has 0 saturated heterocycles. The Balaban J connectivity index is 2.90. The van der Waals surface area contributed by atoms with Crippen LogP contribution < -0.4 is 5.73 Å². The molecule has 0 amide bonds. The summed E-state index contributed by atoms with van der Waals surface area (Å²) in [6.45, 7) is 0.432. The van der Waals surface area contributed by atoms with Gasteiger partial charge in [0.05, 0.1) is 0 Å². The van der Waals surface area contributed by atoms with Gasteiger partial charge in [0.1, 0.15) is 0 Å². The second kappa shape index (κ2) is 4.18. The number of benzene rings is 1. The van der Waals surface area contributed by atoms with Crippen LogP contribution in [0.2, 0.25) is 0 Å². The Hall–Kier alpha value is -1.16. The molecule has 0 saturated carbocycles. The molecule has 72 valence electrons. The number of hydrogen-bond donors (Lipinski definition) is 2. The van der Waals surface area contributed by atoms with Crippen LogP contribution in [0.1, 0.15) is 12.0 Å². The normalized spacial score (nSPS) is 10.4. The number of aromatic hydroxyl groups is 1. The zero-order valence-corrected chi connectivity index (χ0v) is 7.06. The number of halogens is 2. The van der Waals surface area contributed by atoms with E-state index in [2.05, 4.69) is 0 Å². The zero-order chi connectivity index (χ0) is 9.84. The van der Waals surface area contributed by atoms with Crippen LogP contribution in [0.15, 0.2) is 12.1 Å². The number of hydrogen-bond acceptors (Lipinski definition) is 2. The molecule has 0 aliphatic rings. The molecular formula is C9H11F2NO. The minimum Gasteiger partial charge on any atom is -0.505 e. The van der Waals surface area contributed by atoms with Gasteiger partial charge in [-0.1, -0.05) is 6.07 Å². The highest BCUT2D eigenvalue weighted by Gasteiger charge is 2.11. The number of rotatable bonds is 3. The van der Waals surface area contributed by atoms with Crippen LogP contribution in [0.5, 0.6) is 5.75 Å². The number of aryl methyl sites for hydroxylation is 1. The van der Waals surface area contributed by atoms with Gasteiger partial charge in [-0.05, 0) is 31.0 Å². The lowest BCUT2D eigenvalue weighted by Crippen LogP contribution is -2.02. The second-order valence-electron chi connectivity index (χ2n) is 2.76. The lowest BCUT2D eigenvalue weighted by molar-refractivity contribution is 0.403. The van der Waals surface area contributed by atoms with E-state index < -0.39 is 17.4 Å². The molecule has 1 aromatic rings. The Morgan fingerprint density at radius 3 is 2.54 bits per heavy atom. The van der Waals surface area contributed by atoms with E-state index >= 15 is 0 Å². The molecule has 0 atom stereocenters. The van der Waals surface area contributed by atoms with Crippen LogP contribution in [0.4, 0.5) is 8.78 Å². The van der Waals surface area contributed by atoms with Crippen molar-refractivity contribution < 1.29 is 13.9 Å². The lowest BCUT2D eigenvalue weighted by Gasteiger charge is -2.03. The van der Waals surface area contributed by atoms with Gasteiger partial charge in [0.15, 0.2) is 11.6 Å². The van der Waals surface area contributed by atoms with E-state index in [9.17, 15) is 8.78 Å². The second-order valence-corrected chi connectivity index (χ2v) is 2.76. The Labute approximate surface area is 75.0 Å². The summed E-state index contributed by atoms with van der Waals surface area (Å²) in [6, 6.07) is 2.51. The fraction of sp³-hybridized carbons (Fsp3) is 0.333. The average Bonchev–Trinajstić information content (AvgIpc) is 2.13. The molecule has 0 spiro atoms. The third kappa shape index (κ3) is 2.15. The van der Waals surface area contributed by atoms with Crippen LogP contribution in [0, 0.1) is 11.6 Å². The maximum atomic E-state index is 13.0. The Bertz CT molecular complexity index is 302. The Morgan fingerprint density at radius 2 is 1.92 bits per heavy atom. The van der Waals surface area contributed by atoms with E-state index in [0.717, 1.165) is 6.07 Å². The van der Waals surface area contributed by atoms with Crippen molar-refractivity contribution in [2.24, 2.45) is 5.73 Å². The minimum absolute atomic E-state index is 0.251. The van der Waals surface area contributed by atoms with Gasteiger partial charge >= 0.3 is 0 Å². The summed E-state index contributed by atoms with van der Waals surface area (Å²) in [6.07, 6.45) is 0.987. The first kappa shape index (κ1) is 9.92. The molecule has 13 heavy (non-hydrogen) atoms. The maximum Gasteiger partial charge on any atom is 0.200 e. The third-order valence-electron chi connectivity index (χ3n) is 1.79. The lowest BCUT2D eigenvalue weighted by atomic mass is 10.1. The highest BCUT2D eigenvalue weighted by molar-refractivity contribution is 5.29. The zero-order valence-electron chi connectivity index (χ0n) is 7.06. The van der Waals surface area contributed by atoms with Gasteiger partial charge in [0.2, 0.25) is 5.82 Å². The first-order valence-corrected chi connectivity index (χ1v) is 4.02. The summed E-state index contributed by atoms with van der Waals surface area (Å²) in [5.41, 5.74) is 5.48. The van der Waals surface area contributed by atoms with Crippen molar-refractivity contribution in [1.82, 2.24) is 0 Å². The first-order chi connectivity index (χ1) is 6.16. The van der Waals surface area contributed by atoms with Crippen molar-refractivity contribution in [3.63, 3.8) is 0 Å². The summed E-state index contributed by atoms with van der Waals surface area (Å²) in [7, 11) is 0. The molecule has 0 aliphatic carbocycles. The van der Waals surface area contributed by atoms with Crippen LogP contribution in [0.3, 0.4) is 0 Å². The van der Waals surface area contributed by atoms with Gasteiger partial charge in [-0.2, -0.15) is 4.39 Å². The van der Waals surface area contributed by atoms with Gasteiger partial charge < -0.3 is 10.8 Å². The number of nitrogens with two attached hydrogens (primary N) is 1. The highest BCUT2D eigenvalue weighted by atomic mass is 19.2. The van der Waals surface area contributed by atoms with Crippen molar-refractivity contribution in [2.45, 2.75) is 12.8 Å². The summed E-state index contributed by atoms with van der Waals surface area (Å²) in [5.74, 6) is -2.82. The Morgan fingerprint density at radius 1 is 1.23 bits per heavy atom. The smallest absolute Gasteiger partial charge is 0.200 e. The number of phenols is 1. The average molecular weight is 187 g/mol. The standard InChI is InChI=1S/C9H11F2NO/c10-8-6(2-1-5-12)3-4-7(13)9(8)11/h3-4,13H,1-2,5,12H2. The van der Waals surface area contributed by atoms with E-state index in [1.165, 1.54) is 6.07 Å². The predicted molar refractivity (Wildman–Crippen MR) is 45.4 cm³/mol. The van der Waals surface area contributed by atoms with Gasteiger partial charge in [0, 0.05) is 0 Å². The summed E-state index contributed by atoms with van der Waals surface area (Å²) >= 11 is 0. The topological polar surface area (TPSA) is 46.2 Å². The van der Waals surface area contributed by atoms with E-state index in [0.29, 0.717) is 19.4 Å². The summed E-state index contributed by atoms with van der Waals surface area (Å²) < 4.78 is 25.8. The molecule has 0 heterocycles. The largest absolute Gasteiger partial charge is 0.505 e. The van der Waals surface area contributed by atoms with Crippen LogP contribution in [-0.4, -0.2) is 11.7 Å². The van der Waals surface area contributed by atoms with Gasteiger partial charge in [-0.3, -0.25) is 0 Å². The molecule has 0 radical (unpaired) electrons. The quantitative estimate of drug-likeness (QED) is 0.754. The van der Waals surface area contributed by atoms with E-state index in [4.69, 9.17) is 10.8 Å². The Kier molecular flexibility index (Phi) is 3.19. The fourth-order valence-electron chi connectivity index (χ4n) is 1.06. The minimum atomic E-state index is -1.19. The van der Waals surface area contributed by atoms with Crippen LogP contribution >= 0.6 is 0 Å². The maximum absolute atomic E-state index is 13.0. The molecule has 0 aliphatic heterocycles. The summed E-state index contributed by atoms with van der Waals surface area (Å²) in [4.78, 5) is 0. The van der Waals surface area contributed by atoms with Crippen molar-refractivity contribution in [3.05, 3.63) is 29.3 Å². The van der Waals surface area contributed by atoms with Crippen molar-refractivity contribution in [2.75, 3.05) is 6.54 Å². The molecule has 0 bridgehead atoms. The molecule has 1 rings (SSSR count). The highest BCUT2D eigenvalue weighted by Crippen LogP contribution is 2.21. The van der Waals surface area contributed by atoms with E-state index in [1.807, 2.05) is 0 Å². The monoisotopic (exact) mass is 187 g/mol. The molecular weight excluding hydrogens is 176 g/mol. The molecule has 0 fully saturated rings. The van der Waals surface area contributed by atoms with Crippen molar-refractivity contribution in [3.8, 4) is 5.75 Å². The SMILES string of the molecule is NCCCc1ccc(O)c(F)c1F. The predicted octanol–water partition coefficient (Wildman–Crippen LogP) is 1.56. The molecule has 0 unspecified atom stereocenters. The van der Waals surface area contributed by atoms with E-state index in [1.54, 1.807) is 0 Å². The van der Waals surface area contributed by atoms with Crippen molar-refractivity contribution >= 4 is 0 Å². The first-order valence-electron chi connectivity index (χ1n) is 4.02. The molecule has 0 aromatic heterocycles. The molecule has 4 heteroatoms. The van der Waals surface area contributed by atoms with Crippen LogP contribution in [-0.2, 0) is 6.42 Å². The molecule has 2 nitrogen and oxygen atoms in total. The number of phenolic OH excluding ortho intramolecular Hbond substituents is 1. The van der Waals surface area contributed by atoms with Crippen LogP contribution in [0.25, 0.3) is 0 Å². The summed E-state index contributed by atoms with van der Waals surface area (Å²) in [5, 5.41) is 8.81. The molecule has 1 aromatic carbocycles. The van der Waals surface area contributed by atoms with Gasteiger partial charge in [0.25, 0.3) is 0 Å². The fourth-order valence-corrected chi connectivity index (χ4v) is 1.06. The van der Waals surface area contributed by atoms with Crippen molar-refractivity contribution in [1.29, 1.82) is 0 Å². The third-order valence-corrected chi connectivity index (χ3v) is 1.79. The van der Waals surface area contributed by atoms with Gasteiger partial charge in [-0.15, -0.1) is 0 Å². The van der Waals surface area contributed by atoms with E-state index in [-0.39, 0.29) is 5.56 Å².